The van der Waals surface area contributed by atoms with Crippen molar-refractivity contribution >= 4 is 11.9 Å². The van der Waals surface area contributed by atoms with E-state index in [1.165, 1.54) is 0 Å². The van der Waals surface area contributed by atoms with E-state index in [1.54, 1.807) is 44.9 Å². The van der Waals surface area contributed by atoms with E-state index in [0.717, 1.165) is 35.6 Å². The van der Waals surface area contributed by atoms with Crippen molar-refractivity contribution in [2.24, 2.45) is 4.99 Å². The largest absolute Gasteiger partial charge is 0.388 e. The van der Waals surface area contributed by atoms with Crippen LogP contribution in [-0.2, 0) is 9.68 Å². The molecule has 2 rings (SSSR count). The number of guanidine groups is 2. The third-order valence-electron chi connectivity index (χ3n) is 6.91. The molecule has 232 valence electrons. The van der Waals surface area contributed by atoms with Crippen LogP contribution < -0.4 is 5.32 Å². The second-order valence-corrected chi connectivity index (χ2v) is 12.3. The van der Waals surface area contributed by atoms with Crippen molar-refractivity contribution < 1.29 is 19.9 Å². The molecule has 0 aromatic rings. The zero-order valence-corrected chi connectivity index (χ0v) is 26.3. The van der Waals surface area contributed by atoms with Gasteiger partial charge in [-0.15, -0.1) is 0 Å². The molecule has 0 bridgehead atoms. The van der Waals surface area contributed by atoms with Gasteiger partial charge >= 0.3 is 0 Å². The Balaban J connectivity index is 2.16. The van der Waals surface area contributed by atoms with Crippen molar-refractivity contribution in [2.45, 2.75) is 96.4 Å². The number of nitrogens with one attached hydrogen (secondary N) is 2. The molecule has 2 fully saturated rings. The third-order valence-corrected chi connectivity index (χ3v) is 6.91. The molecule has 2 heterocycles. The summed E-state index contributed by atoms with van der Waals surface area (Å²) in [5, 5.41) is 35.5. The molecular formula is C30H53N7O4. The van der Waals surface area contributed by atoms with Gasteiger partial charge in [-0.3, -0.25) is 15.1 Å². The number of rotatable bonds is 11. The standard InChI is InChI=1S/C30H53N7O4/c1-12-13-14-35(26-17-23(4)37(24(5)18-26)41-20-30(8,9)39)27(31)33-28(32-10)34(11)25-15-21(2)36(22(3)16-25)40-19-29(6,7)38/h25-26,38-39H,2-5,12-20H2,1,6-11H3,(H2,31,32,33). The Morgan fingerprint density at radius 1 is 0.927 bits per heavy atom. The van der Waals surface area contributed by atoms with E-state index in [9.17, 15) is 10.2 Å². The summed E-state index contributed by atoms with van der Waals surface area (Å²) in [5.74, 6) is 0.728. The van der Waals surface area contributed by atoms with Gasteiger partial charge in [-0.2, -0.15) is 4.99 Å². The van der Waals surface area contributed by atoms with Crippen LogP contribution in [0.3, 0.4) is 0 Å². The highest BCUT2D eigenvalue weighted by Crippen LogP contribution is 2.32. The van der Waals surface area contributed by atoms with Crippen LogP contribution in [0.1, 0.15) is 73.1 Å². The molecule has 0 radical (unpaired) electrons. The molecule has 4 N–H and O–H groups in total. The van der Waals surface area contributed by atoms with Crippen molar-refractivity contribution in [3.8, 4) is 0 Å². The monoisotopic (exact) mass is 575 g/mol. The summed E-state index contributed by atoms with van der Waals surface area (Å²) in [5.41, 5.74) is 1.00. The van der Waals surface area contributed by atoms with E-state index < -0.39 is 11.2 Å². The number of aliphatic hydroxyl groups is 2. The van der Waals surface area contributed by atoms with Gasteiger partial charge < -0.3 is 25.3 Å². The van der Waals surface area contributed by atoms with Gasteiger partial charge in [0.1, 0.15) is 13.2 Å². The van der Waals surface area contributed by atoms with Crippen LogP contribution in [0.4, 0.5) is 0 Å². The molecule has 2 aliphatic heterocycles. The third kappa shape index (κ3) is 10.2. The number of hydroxylamine groups is 4. The number of aliphatic imine (C=N–C) groups is 1. The lowest BCUT2D eigenvalue weighted by atomic mass is 9.99. The normalized spacial score (nSPS) is 18.3. The van der Waals surface area contributed by atoms with Crippen molar-refractivity contribution in [1.82, 2.24) is 25.2 Å². The van der Waals surface area contributed by atoms with Crippen LogP contribution in [0.15, 0.2) is 54.1 Å². The average molecular weight is 576 g/mol. The van der Waals surface area contributed by atoms with Gasteiger partial charge in [0.05, 0.1) is 11.2 Å². The van der Waals surface area contributed by atoms with Gasteiger partial charge in [0.2, 0.25) is 11.9 Å². The lowest BCUT2D eigenvalue weighted by Gasteiger charge is -2.42. The van der Waals surface area contributed by atoms with E-state index in [4.69, 9.17) is 20.1 Å². The van der Waals surface area contributed by atoms with Crippen LogP contribution in [-0.4, -0.2) is 99.2 Å². The van der Waals surface area contributed by atoms with Crippen molar-refractivity contribution in [3.05, 3.63) is 49.1 Å². The molecule has 2 aliphatic rings. The van der Waals surface area contributed by atoms with E-state index in [0.29, 0.717) is 38.2 Å². The molecule has 0 aliphatic carbocycles. The first-order valence-electron chi connectivity index (χ1n) is 14.3. The fraction of sp³-hybridized carbons (Fsp3) is 0.667. The quantitative estimate of drug-likeness (QED) is 0.215. The Hall–Kier alpha value is -2.86. The minimum Gasteiger partial charge on any atom is -0.388 e. The van der Waals surface area contributed by atoms with Gasteiger partial charge in [0.15, 0.2) is 0 Å². The molecule has 0 saturated carbocycles. The van der Waals surface area contributed by atoms with Crippen LogP contribution >= 0.6 is 0 Å². The van der Waals surface area contributed by atoms with Gasteiger partial charge in [-0.05, 0) is 34.1 Å². The van der Waals surface area contributed by atoms with E-state index in [2.05, 4.69) is 38.6 Å². The van der Waals surface area contributed by atoms with Gasteiger partial charge in [-0.1, -0.05) is 39.7 Å². The first-order chi connectivity index (χ1) is 19.0. The maximum absolute atomic E-state index is 10.1. The number of hydrogen-bond donors (Lipinski definition) is 4. The lowest BCUT2D eigenvalue weighted by molar-refractivity contribution is -0.161. The van der Waals surface area contributed by atoms with Crippen molar-refractivity contribution in [1.29, 1.82) is 5.41 Å². The predicted molar refractivity (Wildman–Crippen MR) is 164 cm³/mol. The molecule has 0 spiro atoms. The van der Waals surface area contributed by atoms with E-state index in [-0.39, 0.29) is 31.3 Å². The molecule has 0 aromatic heterocycles. The first-order valence-corrected chi connectivity index (χ1v) is 14.3. The van der Waals surface area contributed by atoms with Crippen LogP contribution in [0, 0.1) is 5.41 Å². The summed E-state index contributed by atoms with van der Waals surface area (Å²) in [6, 6.07) is -0.0327. The van der Waals surface area contributed by atoms with Gasteiger partial charge in [-0.25, -0.2) is 10.1 Å². The fourth-order valence-corrected chi connectivity index (χ4v) is 4.75. The van der Waals surface area contributed by atoms with Crippen LogP contribution in [0.5, 0.6) is 0 Å². The van der Waals surface area contributed by atoms with E-state index >= 15 is 0 Å². The zero-order valence-electron chi connectivity index (χ0n) is 26.3. The van der Waals surface area contributed by atoms with Crippen molar-refractivity contribution in [3.63, 3.8) is 0 Å². The molecule has 0 unspecified atom stereocenters. The number of hydrogen-bond acceptors (Lipinski definition) is 7. The summed E-state index contributed by atoms with van der Waals surface area (Å²) in [7, 11) is 3.74. The number of piperidine rings is 2. The van der Waals surface area contributed by atoms with Crippen molar-refractivity contribution in [2.75, 3.05) is 33.9 Å². The Labute approximate surface area is 246 Å². The molecule has 41 heavy (non-hydrogen) atoms. The minimum absolute atomic E-state index is 0.01000. The summed E-state index contributed by atoms with van der Waals surface area (Å²) < 4.78 is 0. The highest BCUT2D eigenvalue weighted by Gasteiger charge is 2.34. The molecule has 0 atom stereocenters. The summed E-state index contributed by atoms with van der Waals surface area (Å²) in [6.45, 7) is 26.5. The maximum Gasteiger partial charge on any atom is 0.221 e. The predicted octanol–water partition coefficient (Wildman–Crippen LogP) is 3.92. The van der Waals surface area contributed by atoms with E-state index in [1.807, 2.05) is 16.8 Å². The fourth-order valence-electron chi connectivity index (χ4n) is 4.75. The highest BCUT2D eigenvalue weighted by atomic mass is 16.7. The second kappa shape index (κ2) is 14.4. The molecule has 11 nitrogen and oxygen atoms in total. The average Bonchev–Trinajstić information content (AvgIpc) is 2.84. The Kier molecular flexibility index (Phi) is 12.0. The molecule has 0 aromatic carbocycles. The topological polar surface area (TPSA) is 120 Å². The molecule has 11 heteroatoms. The summed E-state index contributed by atoms with van der Waals surface area (Å²) in [6.07, 6.45) is 4.29. The van der Waals surface area contributed by atoms with Gasteiger partial charge in [0.25, 0.3) is 0 Å². The van der Waals surface area contributed by atoms with Crippen LogP contribution in [0.2, 0.25) is 0 Å². The van der Waals surface area contributed by atoms with Gasteiger partial charge in [0, 0.05) is 81.2 Å². The second-order valence-electron chi connectivity index (χ2n) is 12.3. The molecule has 0 amide bonds. The highest BCUT2D eigenvalue weighted by molar-refractivity contribution is 5.93. The summed E-state index contributed by atoms with van der Waals surface area (Å²) in [4.78, 5) is 20.4. The lowest BCUT2D eigenvalue weighted by Crippen LogP contribution is -2.50. The Bertz CT molecular complexity index is 975. The number of unbranched alkanes of at least 4 members (excludes halogenated alkanes) is 1. The molecular weight excluding hydrogens is 522 g/mol. The first kappa shape index (κ1) is 34.3. The minimum atomic E-state index is -0.976. The Morgan fingerprint density at radius 3 is 1.71 bits per heavy atom. The summed E-state index contributed by atoms with van der Waals surface area (Å²) >= 11 is 0. The zero-order chi connectivity index (χ0) is 31.1. The Morgan fingerprint density at radius 2 is 1.34 bits per heavy atom. The maximum atomic E-state index is 10.1. The SMILES string of the molecule is C=C1CC(N(CCCC)C(=N)/N=C(\NC)N(C)C2CC(=C)N(OCC(C)(C)O)C(=C)C2)CC(=C)N1OCC(C)(C)O. The van der Waals surface area contributed by atoms with Crippen LogP contribution in [0.25, 0.3) is 0 Å². The molecule has 2 saturated heterocycles. The number of nitrogens with zero attached hydrogens (tertiary/aromatic N) is 5. The smallest absolute Gasteiger partial charge is 0.221 e.